The van der Waals surface area contributed by atoms with E-state index < -0.39 is 0 Å². The highest BCUT2D eigenvalue weighted by atomic mass is 16.5. The number of morpholine rings is 1. The van der Waals surface area contributed by atoms with Crippen LogP contribution in [0.4, 0.5) is 11.5 Å². The molecule has 1 N–H and O–H groups in total. The lowest BCUT2D eigenvalue weighted by atomic mass is 10.0. The monoisotopic (exact) mass is 326 g/mol. The van der Waals surface area contributed by atoms with Gasteiger partial charge in [-0.25, -0.2) is 9.97 Å². The molecule has 126 valence electrons. The van der Waals surface area contributed by atoms with Crippen molar-refractivity contribution in [1.29, 1.82) is 0 Å². The summed E-state index contributed by atoms with van der Waals surface area (Å²) in [5, 5.41) is 3.22. The third-order valence-electron chi connectivity index (χ3n) is 4.03. The van der Waals surface area contributed by atoms with E-state index in [1.807, 2.05) is 12.1 Å². The Hall–Kier alpha value is -2.47. The summed E-state index contributed by atoms with van der Waals surface area (Å²) in [6, 6.07) is 9.90. The summed E-state index contributed by atoms with van der Waals surface area (Å²) in [6.45, 7) is 6.67. The van der Waals surface area contributed by atoms with Crippen LogP contribution in [0.3, 0.4) is 0 Å². The van der Waals surface area contributed by atoms with Crippen LogP contribution in [0.15, 0.2) is 36.7 Å². The number of benzene rings is 1. The number of hydrogen-bond acceptors (Lipinski definition) is 5. The average Bonchev–Trinajstić information content (AvgIpc) is 2.62. The van der Waals surface area contributed by atoms with E-state index in [9.17, 15) is 4.79 Å². The molecule has 1 fully saturated rings. The van der Waals surface area contributed by atoms with Crippen LogP contribution in [-0.4, -0.2) is 47.1 Å². The number of nitrogens with zero attached hydrogens (tertiary/aromatic N) is 3. The first-order chi connectivity index (χ1) is 11.6. The molecule has 0 radical (unpaired) electrons. The third-order valence-corrected chi connectivity index (χ3v) is 4.03. The molecule has 3 rings (SSSR count). The zero-order valence-electron chi connectivity index (χ0n) is 14.0. The number of hydrogen-bond donors (Lipinski definition) is 1. The number of nitrogens with one attached hydrogen (secondary N) is 1. The van der Waals surface area contributed by atoms with Gasteiger partial charge in [-0.05, 0) is 23.6 Å². The maximum absolute atomic E-state index is 12.5. The first kappa shape index (κ1) is 16.4. The molecule has 1 saturated heterocycles. The molecule has 2 heterocycles. The minimum atomic E-state index is -0.0843. The van der Waals surface area contributed by atoms with E-state index in [0.717, 1.165) is 5.69 Å². The van der Waals surface area contributed by atoms with Gasteiger partial charge in [0.25, 0.3) is 5.91 Å². The van der Waals surface area contributed by atoms with Crippen LogP contribution in [0.5, 0.6) is 0 Å². The van der Waals surface area contributed by atoms with Crippen LogP contribution in [0.2, 0.25) is 0 Å². The van der Waals surface area contributed by atoms with Crippen LogP contribution < -0.4 is 5.32 Å². The summed E-state index contributed by atoms with van der Waals surface area (Å²) < 4.78 is 5.28. The van der Waals surface area contributed by atoms with E-state index in [2.05, 4.69) is 41.3 Å². The Bertz CT molecular complexity index is 694. The summed E-state index contributed by atoms with van der Waals surface area (Å²) in [6.07, 6.45) is 1.42. The molecule has 1 aromatic heterocycles. The second-order valence-corrected chi connectivity index (χ2v) is 6.09. The Labute approximate surface area is 141 Å². The molecule has 0 bridgehead atoms. The number of amides is 1. The number of anilines is 2. The van der Waals surface area contributed by atoms with Crippen LogP contribution in [0.1, 0.15) is 35.8 Å². The zero-order valence-corrected chi connectivity index (χ0v) is 14.0. The van der Waals surface area contributed by atoms with Crippen LogP contribution in [0, 0.1) is 0 Å². The maximum Gasteiger partial charge on any atom is 0.272 e. The van der Waals surface area contributed by atoms with Crippen molar-refractivity contribution in [2.24, 2.45) is 0 Å². The quantitative estimate of drug-likeness (QED) is 0.936. The summed E-state index contributed by atoms with van der Waals surface area (Å²) in [4.78, 5) is 22.5. The topological polar surface area (TPSA) is 67.4 Å². The Morgan fingerprint density at radius 2 is 1.88 bits per heavy atom. The predicted molar refractivity (Wildman–Crippen MR) is 92.6 cm³/mol. The van der Waals surface area contributed by atoms with Crippen molar-refractivity contribution in [1.82, 2.24) is 14.9 Å². The third kappa shape index (κ3) is 3.89. The van der Waals surface area contributed by atoms with E-state index in [-0.39, 0.29) is 5.91 Å². The van der Waals surface area contributed by atoms with E-state index >= 15 is 0 Å². The van der Waals surface area contributed by atoms with Gasteiger partial charge in [-0.1, -0.05) is 26.0 Å². The Morgan fingerprint density at radius 1 is 1.17 bits per heavy atom. The second kappa shape index (κ2) is 7.40. The lowest BCUT2D eigenvalue weighted by molar-refractivity contribution is 0.0299. The molecule has 2 aromatic rings. The van der Waals surface area contributed by atoms with Gasteiger partial charge >= 0.3 is 0 Å². The summed E-state index contributed by atoms with van der Waals surface area (Å²) in [5.74, 6) is 1.02. The molecule has 24 heavy (non-hydrogen) atoms. The predicted octanol–water partition coefficient (Wildman–Crippen LogP) is 2.82. The van der Waals surface area contributed by atoms with Gasteiger partial charge in [0.2, 0.25) is 0 Å². The van der Waals surface area contributed by atoms with E-state index in [4.69, 9.17) is 4.74 Å². The molecular formula is C18H22N4O2. The summed E-state index contributed by atoms with van der Waals surface area (Å²) in [5.41, 5.74) is 2.61. The first-order valence-electron chi connectivity index (χ1n) is 8.19. The molecule has 6 heteroatoms. The summed E-state index contributed by atoms with van der Waals surface area (Å²) >= 11 is 0. The molecule has 1 aliphatic rings. The molecule has 1 aromatic carbocycles. The van der Waals surface area contributed by atoms with Gasteiger partial charge in [0.05, 0.1) is 13.2 Å². The van der Waals surface area contributed by atoms with Crippen molar-refractivity contribution < 1.29 is 9.53 Å². The molecule has 1 aliphatic heterocycles. The minimum absolute atomic E-state index is 0.0843. The smallest absolute Gasteiger partial charge is 0.272 e. The van der Waals surface area contributed by atoms with E-state index in [1.54, 1.807) is 11.0 Å². The molecular weight excluding hydrogens is 304 g/mol. The second-order valence-electron chi connectivity index (χ2n) is 6.09. The molecule has 0 aliphatic carbocycles. The van der Waals surface area contributed by atoms with Crippen molar-refractivity contribution in [3.05, 3.63) is 47.9 Å². The Morgan fingerprint density at radius 3 is 2.54 bits per heavy atom. The van der Waals surface area contributed by atoms with Crippen molar-refractivity contribution >= 4 is 17.4 Å². The molecule has 6 nitrogen and oxygen atoms in total. The minimum Gasteiger partial charge on any atom is -0.378 e. The lowest BCUT2D eigenvalue weighted by Gasteiger charge is -2.26. The highest BCUT2D eigenvalue weighted by Gasteiger charge is 2.20. The normalized spacial score (nSPS) is 14.7. The molecule has 0 atom stereocenters. The van der Waals surface area contributed by atoms with Gasteiger partial charge < -0.3 is 15.0 Å². The van der Waals surface area contributed by atoms with E-state index in [1.165, 1.54) is 11.9 Å². The highest BCUT2D eigenvalue weighted by molar-refractivity contribution is 5.93. The number of aromatic nitrogens is 2. The fraction of sp³-hybridized carbons (Fsp3) is 0.389. The number of ether oxygens (including phenoxy) is 1. The fourth-order valence-electron chi connectivity index (χ4n) is 2.57. The SMILES string of the molecule is CC(C)c1ccc(Nc2cc(C(=O)N3CCOCC3)ncn2)cc1. The van der Waals surface area contributed by atoms with Crippen LogP contribution in [0.25, 0.3) is 0 Å². The van der Waals surface area contributed by atoms with Crippen molar-refractivity contribution in [3.63, 3.8) is 0 Å². The van der Waals surface area contributed by atoms with Gasteiger partial charge in [-0.15, -0.1) is 0 Å². The van der Waals surface area contributed by atoms with Crippen molar-refractivity contribution in [2.45, 2.75) is 19.8 Å². The van der Waals surface area contributed by atoms with Gasteiger partial charge in [-0.2, -0.15) is 0 Å². The first-order valence-corrected chi connectivity index (χ1v) is 8.19. The van der Waals surface area contributed by atoms with Gasteiger partial charge in [-0.3, -0.25) is 4.79 Å². The van der Waals surface area contributed by atoms with Crippen LogP contribution >= 0.6 is 0 Å². The van der Waals surface area contributed by atoms with Crippen molar-refractivity contribution in [2.75, 3.05) is 31.6 Å². The molecule has 1 amide bonds. The fourth-order valence-corrected chi connectivity index (χ4v) is 2.57. The van der Waals surface area contributed by atoms with Gasteiger partial charge in [0, 0.05) is 24.8 Å². The average molecular weight is 326 g/mol. The number of carbonyl (C=O) groups excluding carboxylic acids is 1. The zero-order chi connectivity index (χ0) is 16.9. The Kier molecular flexibility index (Phi) is 5.05. The number of carbonyl (C=O) groups is 1. The van der Waals surface area contributed by atoms with E-state index in [0.29, 0.717) is 43.7 Å². The molecule has 0 unspecified atom stereocenters. The van der Waals surface area contributed by atoms with Crippen molar-refractivity contribution in [3.8, 4) is 0 Å². The Balaban J connectivity index is 1.71. The van der Waals surface area contributed by atoms with Gasteiger partial charge in [0.15, 0.2) is 0 Å². The maximum atomic E-state index is 12.5. The standard InChI is InChI=1S/C18H22N4O2/c1-13(2)14-3-5-15(6-4-14)21-17-11-16(19-12-20-17)18(23)22-7-9-24-10-8-22/h3-6,11-13H,7-10H2,1-2H3,(H,19,20,21). The number of rotatable bonds is 4. The largest absolute Gasteiger partial charge is 0.378 e. The van der Waals surface area contributed by atoms with Crippen LogP contribution in [-0.2, 0) is 4.74 Å². The van der Waals surface area contributed by atoms with Gasteiger partial charge in [0.1, 0.15) is 17.8 Å². The summed E-state index contributed by atoms with van der Waals surface area (Å²) in [7, 11) is 0. The molecule has 0 saturated carbocycles. The lowest BCUT2D eigenvalue weighted by Crippen LogP contribution is -2.41. The highest BCUT2D eigenvalue weighted by Crippen LogP contribution is 2.20. The molecule has 0 spiro atoms.